The number of nitrogens with zero attached hydrogens (tertiary/aromatic N) is 2. The highest BCUT2D eigenvalue weighted by Crippen LogP contribution is 2.59. The number of carbonyl (C=O) groups excluding carboxylic acids is 2. The summed E-state index contributed by atoms with van der Waals surface area (Å²) in [6.07, 6.45) is 0.339. The number of halogens is 3. The van der Waals surface area contributed by atoms with Crippen LogP contribution in [0.3, 0.4) is 0 Å². The van der Waals surface area contributed by atoms with Gasteiger partial charge in [0.2, 0.25) is 6.57 Å². The number of ether oxygens (including phenoxy) is 2. The second-order valence-electron chi connectivity index (χ2n) is 7.16. The molecule has 0 radical (unpaired) electrons. The Kier molecular flexibility index (Phi) is 13.0. The van der Waals surface area contributed by atoms with E-state index < -0.39 is 37.7 Å². The van der Waals surface area contributed by atoms with Crippen LogP contribution in [0.4, 0.5) is 0 Å². The summed E-state index contributed by atoms with van der Waals surface area (Å²) < 4.78 is 41.2. The normalized spacial score (nSPS) is 14.2. The van der Waals surface area contributed by atoms with Crippen molar-refractivity contribution in [2.45, 2.75) is 49.3 Å². The van der Waals surface area contributed by atoms with Crippen molar-refractivity contribution in [3.63, 3.8) is 0 Å². The van der Waals surface area contributed by atoms with E-state index >= 15 is 0 Å². The Bertz CT molecular complexity index is 1130. The average Bonchev–Trinajstić information content (AvgIpc) is 2.82. The van der Waals surface area contributed by atoms with Gasteiger partial charge in [0.15, 0.2) is 0 Å². The molecule has 15 heteroatoms. The van der Waals surface area contributed by atoms with Crippen molar-refractivity contribution in [3.05, 3.63) is 24.3 Å². The number of carbonyl (C=O) groups is 2. The molecule has 0 saturated carbocycles. The van der Waals surface area contributed by atoms with Crippen LogP contribution in [0.15, 0.2) is 24.3 Å². The van der Waals surface area contributed by atoms with Gasteiger partial charge in [-0.05, 0) is 49.4 Å². The van der Waals surface area contributed by atoms with Crippen LogP contribution < -0.4 is 9.47 Å². The van der Waals surface area contributed by atoms with Gasteiger partial charge in [-0.15, -0.1) is 15.9 Å². The van der Waals surface area contributed by atoms with Crippen molar-refractivity contribution in [2.24, 2.45) is 0 Å². The molecule has 202 valence electrons. The molecular weight excluding hydrogens is 594 g/mol. The number of benzene rings is 1. The van der Waals surface area contributed by atoms with E-state index in [-0.39, 0.29) is 18.7 Å². The molecule has 1 amide bonds. The number of methoxy groups -OCH3 is 1. The maximum absolute atomic E-state index is 13.3. The standard InChI is InChI=1S/C21H28Cl3N2O7PS2/c1-6-8-9-10-15-26(36(29,30)21(22,23)24)34(35,33-16(3)7-2)25(4)19(27)20(28)32-18-13-11-17(31-5)12-14-18/h11-14,16H,6-7,10,15H2,1-5H3. The minimum Gasteiger partial charge on any atom is -0.497 e. The molecular formula is C21H28Cl3N2O7PS2. The second kappa shape index (κ2) is 14.2. The van der Waals surface area contributed by atoms with Crippen molar-refractivity contribution < 1.29 is 32.0 Å². The maximum Gasteiger partial charge on any atom is 0.402 e. The van der Waals surface area contributed by atoms with Crippen LogP contribution in [0.1, 0.15) is 40.0 Å². The summed E-state index contributed by atoms with van der Waals surface area (Å²) in [7, 11) is -2.18. The molecule has 0 saturated heterocycles. The zero-order valence-electron chi connectivity index (χ0n) is 20.4. The van der Waals surface area contributed by atoms with Gasteiger partial charge in [-0.3, -0.25) is 9.46 Å². The highest BCUT2D eigenvalue weighted by molar-refractivity contribution is 8.15. The van der Waals surface area contributed by atoms with E-state index in [9.17, 15) is 18.0 Å². The monoisotopic (exact) mass is 620 g/mol. The Balaban J connectivity index is 3.48. The van der Waals surface area contributed by atoms with Crippen LogP contribution in [0.25, 0.3) is 0 Å². The Morgan fingerprint density at radius 1 is 1.14 bits per heavy atom. The Hall–Kier alpha value is -1.09. The van der Waals surface area contributed by atoms with E-state index in [1.54, 1.807) is 13.8 Å². The SMILES string of the molecule is CCC#CCCN(P(=S)(OC(C)CC)N(C)C(=O)C(=O)Oc1ccc(OC)cc1)S(=O)(=O)C(Cl)(Cl)Cl. The summed E-state index contributed by atoms with van der Waals surface area (Å²) in [5.74, 6) is 3.59. The molecule has 2 atom stereocenters. The third-order valence-corrected chi connectivity index (χ3v) is 13.2. The number of sulfonamides is 1. The summed E-state index contributed by atoms with van der Waals surface area (Å²) in [4.78, 5) is 25.8. The van der Waals surface area contributed by atoms with E-state index in [2.05, 4.69) is 11.8 Å². The van der Waals surface area contributed by atoms with Gasteiger partial charge in [0.25, 0.3) is 10.0 Å². The number of likely N-dealkylation sites (N-methyl/N-ethyl adjacent to an activating group) is 1. The van der Waals surface area contributed by atoms with Crippen molar-refractivity contribution >= 4 is 75.1 Å². The fraction of sp³-hybridized carbons (Fsp3) is 0.524. The van der Waals surface area contributed by atoms with Gasteiger partial charge in [-0.2, -0.15) is 0 Å². The van der Waals surface area contributed by atoms with Crippen LogP contribution in [0, 0.1) is 11.8 Å². The van der Waals surface area contributed by atoms with Crippen LogP contribution in [-0.2, 0) is 35.9 Å². The first-order valence-electron chi connectivity index (χ1n) is 10.6. The lowest BCUT2D eigenvalue weighted by Gasteiger charge is -2.40. The Labute approximate surface area is 232 Å². The topological polar surface area (TPSA) is 102 Å². The molecule has 0 aromatic heterocycles. The molecule has 0 spiro atoms. The molecule has 0 bridgehead atoms. The fourth-order valence-corrected chi connectivity index (χ4v) is 9.67. The molecule has 1 aromatic rings. The van der Waals surface area contributed by atoms with E-state index in [4.69, 9.17) is 60.6 Å². The van der Waals surface area contributed by atoms with Crippen molar-refractivity contribution in [3.8, 4) is 23.3 Å². The molecule has 0 aliphatic rings. The van der Waals surface area contributed by atoms with Crippen molar-refractivity contribution in [2.75, 3.05) is 20.7 Å². The average molecular weight is 622 g/mol. The lowest BCUT2D eigenvalue weighted by Crippen LogP contribution is -2.45. The first kappa shape index (κ1) is 32.9. The first-order valence-corrected chi connectivity index (χ1v) is 15.8. The lowest BCUT2D eigenvalue weighted by atomic mass is 10.3. The molecule has 0 N–H and O–H groups in total. The molecule has 9 nitrogen and oxygen atoms in total. The maximum atomic E-state index is 13.3. The summed E-state index contributed by atoms with van der Waals surface area (Å²) >= 11 is 23.0. The van der Waals surface area contributed by atoms with E-state index in [0.29, 0.717) is 22.7 Å². The summed E-state index contributed by atoms with van der Waals surface area (Å²) in [6.45, 7) is 0.807. The zero-order chi connectivity index (χ0) is 27.7. The van der Waals surface area contributed by atoms with E-state index in [1.165, 1.54) is 31.4 Å². The van der Waals surface area contributed by atoms with Gasteiger partial charge in [-0.1, -0.05) is 48.7 Å². The number of hydrogen-bond donors (Lipinski definition) is 0. The molecule has 1 rings (SSSR count). The molecule has 2 unspecified atom stereocenters. The number of esters is 1. The van der Waals surface area contributed by atoms with Crippen LogP contribution >= 0.6 is 41.4 Å². The predicted octanol–water partition coefficient (Wildman–Crippen LogP) is 4.86. The number of rotatable bonds is 10. The quantitative estimate of drug-likeness (QED) is 0.0912. The molecule has 1 aromatic carbocycles. The van der Waals surface area contributed by atoms with Gasteiger partial charge in [-0.25, -0.2) is 13.2 Å². The van der Waals surface area contributed by atoms with Crippen molar-refractivity contribution in [1.82, 2.24) is 8.75 Å². The van der Waals surface area contributed by atoms with Crippen LogP contribution in [0.2, 0.25) is 0 Å². The van der Waals surface area contributed by atoms with Gasteiger partial charge in [0, 0.05) is 26.4 Å². The lowest BCUT2D eigenvalue weighted by molar-refractivity contribution is -0.151. The zero-order valence-corrected chi connectivity index (χ0v) is 25.2. The van der Waals surface area contributed by atoms with Gasteiger partial charge < -0.3 is 14.0 Å². The van der Waals surface area contributed by atoms with E-state index in [1.807, 2.05) is 6.92 Å². The van der Waals surface area contributed by atoms with Gasteiger partial charge in [0.1, 0.15) is 11.5 Å². The largest absolute Gasteiger partial charge is 0.497 e. The molecule has 0 fully saturated rings. The minimum atomic E-state index is -4.79. The highest BCUT2D eigenvalue weighted by Gasteiger charge is 2.52. The highest BCUT2D eigenvalue weighted by atomic mass is 35.6. The predicted molar refractivity (Wildman–Crippen MR) is 145 cm³/mol. The Morgan fingerprint density at radius 3 is 2.17 bits per heavy atom. The first-order chi connectivity index (χ1) is 16.6. The smallest absolute Gasteiger partial charge is 0.402 e. The van der Waals surface area contributed by atoms with Gasteiger partial charge in [0.05, 0.1) is 13.2 Å². The Morgan fingerprint density at radius 2 is 1.69 bits per heavy atom. The van der Waals surface area contributed by atoms with Gasteiger partial charge >= 0.3 is 15.0 Å². The molecule has 0 aliphatic heterocycles. The summed E-state index contributed by atoms with van der Waals surface area (Å²) in [6, 6.07) is 5.89. The van der Waals surface area contributed by atoms with Crippen LogP contribution in [0.5, 0.6) is 11.5 Å². The number of hydrogen-bond acceptors (Lipinski definition) is 8. The summed E-state index contributed by atoms with van der Waals surface area (Å²) in [5.41, 5.74) is 0. The third kappa shape index (κ3) is 8.47. The molecule has 0 heterocycles. The second-order valence-corrected chi connectivity index (χ2v) is 16.1. The minimum absolute atomic E-state index is 0.00833. The van der Waals surface area contributed by atoms with E-state index in [0.717, 1.165) is 11.7 Å². The fourth-order valence-electron chi connectivity index (χ4n) is 2.49. The number of alkyl halides is 3. The molecule has 36 heavy (non-hydrogen) atoms. The summed E-state index contributed by atoms with van der Waals surface area (Å²) in [5, 5.41) is 0. The molecule has 0 aliphatic carbocycles. The van der Waals surface area contributed by atoms with Crippen molar-refractivity contribution in [1.29, 1.82) is 0 Å². The van der Waals surface area contributed by atoms with Crippen LogP contribution in [-0.4, -0.2) is 59.0 Å². The number of amides is 1. The third-order valence-electron chi connectivity index (χ3n) is 4.59.